The second kappa shape index (κ2) is 5.72. The molecular weight excluding hydrogens is 266 g/mol. The predicted molar refractivity (Wildman–Crippen MR) is 70.6 cm³/mol. The van der Waals surface area contributed by atoms with E-state index < -0.39 is 5.54 Å². The van der Waals surface area contributed by atoms with Crippen LogP contribution in [0.15, 0.2) is 4.52 Å². The Morgan fingerprint density at radius 3 is 2.89 bits per heavy atom. The van der Waals surface area contributed by atoms with Gasteiger partial charge >= 0.3 is 0 Å². The van der Waals surface area contributed by atoms with Crippen molar-refractivity contribution in [2.45, 2.75) is 32.7 Å². The molecule has 7 nitrogen and oxygen atoms in total. The molecule has 0 saturated carbocycles. The molecule has 0 saturated heterocycles. The number of ether oxygens (including phenoxy) is 1. The van der Waals surface area contributed by atoms with Crippen LogP contribution < -0.4 is 5.73 Å². The maximum Gasteiger partial charge on any atom is 0.271 e. The van der Waals surface area contributed by atoms with Gasteiger partial charge in [-0.05, 0) is 31.8 Å². The van der Waals surface area contributed by atoms with Crippen molar-refractivity contribution in [1.82, 2.24) is 19.7 Å². The number of aryl methyl sites for hydroxylation is 1. The molecular formula is C11H17N5O2S. The third kappa shape index (κ3) is 3.14. The van der Waals surface area contributed by atoms with E-state index in [0.717, 1.165) is 17.0 Å². The molecule has 0 amide bonds. The predicted octanol–water partition coefficient (Wildman–Crippen LogP) is 1.50. The lowest BCUT2D eigenvalue weighted by molar-refractivity contribution is 0.0867. The second-order valence-corrected chi connectivity index (χ2v) is 5.33. The average molecular weight is 283 g/mol. The van der Waals surface area contributed by atoms with Gasteiger partial charge in [0, 0.05) is 6.61 Å². The first-order valence-corrected chi connectivity index (χ1v) is 6.82. The fourth-order valence-electron chi connectivity index (χ4n) is 1.47. The van der Waals surface area contributed by atoms with Crippen LogP contribution in [0.25, 0.3) is 10.8 Å². The van der Waals surface area contributed by atoms with E-state index in [0.29, 0.717) is 24.9 Å². The summed E-state index contributed by atoms with van der Waals surface area (Å²) in [6.45, 7) is 6.71. The maximum atomic E-state index is 6.15. The highest BCUT2D eigenvalue weighted by Crippen LogP contribution is 2.25. The van der Waals surface area contributed by atoms with Gasteiger partial charge in [-0.2, -0.15) is 4.98 Å². The zero-order valence-electron chi connectivity index (χ0n) is 11.2. The average Bonchev–Trinajstić information content (AvgIpc) is 2.97. The molecule has 2 heterocycles. The van der Waals surface area contributed by atoms with Crippen molar-refractivity contribution in [1.29, 1.82) is 0 Å². The van der Waals surface area contributed by atoms with E-state index in [-0.39, 0.29) is 0 Å². The van der Waals surface area contributed by atoms with Crippen LogP contribution in [0.3, 0.4) is 0 Å². The van der Waals surface area contributed by atoms with Crippen LogP contribution in [0.4, 0.5) is 0 Å². The monoisotopic (exact) mass is 283 g/mol. The lowest BCUT2D eigenvalue weighted by Gasteiger charge is -2.19. The Labute approximate surface area is 115 Å². The zero-order valence-corrected chi connectivity index (χ0v) is 12.0. The van der Waals surface area contributed by atoms with Gasteiger partial charge in [0.1, 0.15) is 10.4 Å². The normalized spacial score (nSPS) is 14.5. The number of aromatic nitrogens is 4. The molecule has 0 fully saturated rings. The van der Waals surface area contributed by atoms with Crippen LogP contribution in [0.1, 0.15) is 31.8 Å². The highest BCUT2D eigenvalue weighted by Gasteiger charge is 2.29. The van der Waals surface area contributed by atoms with Gasteiger partial charge in [-0.25, -0.2) is 0 Å². The maximum absolute atomic E-state index is 6.15. The summed E-state index contributed by atoms with van der Waals surface area (Å²) < 4.78 is 14.5. The SMILES string of the molecule is CCCOCC(C)(N)c1noc(-c2snnc2C)n1. The summed E-state index contributed by atoms with van der Waals surface area (Å²) in [6.07, 6.45) is 0.944. The number of hydrogen-bond donors (Lipinski definition) is 1. The molecule has 0 spiro atoms. The van der Waals surface area contributed by atoms with Crippen LogP contribution in [-0.4, -0.2) is 32.9 Å². The molecule has 104 valence electrons. The molecule has 1 atom stereocenters. The van der Waals surface area contributed by atoms with Crippen molar-refractivity contribution in [2.75, 3.05) is 13.2 Å². The lowest BCUT2D eigenvalue weighted by Crippen LogP contribution is -2.39. The first kappa shape index (κ1) is 14.0. The quantitative estimate of drug-likeness (QED) is 0.802. The molecule has 19 heavy (non-hydrogen) atoms. The fraction of sp³-hybridized carbons (Fsp3) is 0.636. The minimum Gasteiger partial charge on any atom is -0.379 e. The second-order valence-electron chi connectivity index (χ2n) is 4.58. The van der Waals surface area contributed by atoms with Crippen molar-refractivity contribution in [2.24, 2.45) is 5.73 Å². The van der Waals surface area contributed by atoms with E-state index in [1.807, 2.05) is 20.8 Å². The van der Waals surface area contributed by atoms with Crippen LogP contribution in [0.2, 0.25) is 0 Å². The Hall–Kier alpha value is -1.38. The third-order valence-corrected chi connectivity index (χ3v) is 3.35. The van der Waals surface area contributed by atoms with E-state index >= 15 is 0 Å². The summed E-state index contributed by atoms with van der Waals surface area (Å²) in [4.78, 5) is 5.08. The Morgan fingerprint density at radius 1 is 1.47 bits per heavy atom. The molecule has 2 rings (SSSR count). The fourth-order valence-corrected chi connectivity index (χ4v) is 2.05. The zero-order chi connectivity index (χ0) is 13.9. The van der Waals surface area contributed by atoms with Gasteiger partial charge in [-0.15, -0.1) is 5.10 Å². The Bertz CT molecular complexity index is 537. The molecule has 0 aliphatic rings. The summed E-state index contributed by atoms with van der Waals surface area (Å²) in [6, 6.07) is 0. The number of nitrogens with two attached hydrogens (primary N) is 1. The van der Waals surface area contributed by atoms with Crippen molar-refractivity contribution >= 4 is 11.5 Å². The highest BCUT2D eigenvalue weighted by atomic mass is 32.1. The van der Waals surface area contributed by atoms with Gasteiger partial charge < -0.3 is 15.0 Å². The molecule has 1 unspecified atom stereocenters. The third-order valence-electron chi connectivity index (χ3n) is 2.53. The molecule has 0 bridgehead atoms. The minimum absolute atomic E-state index is 0.347. The highest BCUT2D eigenvalue weighted by molar-refractivity contribution is 7.09. The van der Waals surface area contributed by atoms with E-state index in [9.17, 15) is 0 Å². The Morgan fingerprint density at radius 2 is 2.26 bits per heavy atom. The summed E-state index contributed by atoms with van der Waals surface area (Å²) in [7, 11) is 0. The number of hydrogen-bond acceptors (Lipinski definition) is 8. The first-order chi connectivity index (χ1) is 9.04. The van der Waals surface area contributed by atoms with Crippen LogP contribution >= 0.6 is 11.5 Å². The summed E-state index contributed by atoms with van der Waals surface area (Å²) >= 11 is 1.22. The van der Waals surface area contributed by atoms with Crippen LogP contribution in [0.5, 0.6) is 0 Å². The minimum atomic E-state index is -0.775. The number of nitrogens with zero attached hydrogens (tertiary/aromatic N) is 4. The molecule has 0 radical (unpaired) electrons. The summed E-state index contributed by atoms with van der Waals surface area (Å²) in [5, 5.41) is 7.83. The van der Waals surface area contributed by atoms with Crippen LogP contribution in [0, 0.1) is 6.92 Å². The Kier molecular flexibility index (Phi) is 4.23. The number of rotatable bonds is 6. The van der Waals surface area contributed by atoms with E-state index in [4.69, 9.17) is 15.0 Å². The van der Waals surface area contributed by atoms with Gasteiger partial charge in [0.15, 0.2) is 5.82 Å². The van der Waals surface area contributed by atoms with Crippen molar-refractivity contribution in [3.63, 3.8) is 0 Å². The lowest BCUT2D eigenvalue weighted by atomic mass is 10.1. The molecule has 2 aromatic heterocycles. The molecule has 0 aromatic carbocycles. The van der Waals surface area contributed by atoms with Gasteiger partial charge in [0.05, 0.1) is 12.3 Å². The summed E-state index contributed by atoms with van der Waals surface area (Å²) in [5.41, 5.74) is 6.14. The largest absolute Gasteiger partial charge is 0.379 e. The smallest absolute Gasteiger partial charge is 0.271 e. The van der Waals surface area contributed by atoms with Crippen molar-refractivity contribution in [3.05, 3.63) is 11.5 Å². The van der Waals surface area contributed by atoms with Gasteiger partial charge in [-0.3, -0.25) is 0 Å². The van der Waals surface area contributed by atoms with Crippen molar-refractivity contribution in [3.8, 4) is 10.8 Å². The van der Waals surface area contributed by atoms with Crippen molar-refractivity contribution < 1.29 is 9.26 Å². The standard InChI is InChI=1S/C11H17N5O2S/c1-4-5-17-6-11(3,12)10-13-9(18-15-10)8-7(2)14-16-19-8/h4-6,12H2,1-3H3. The van der Waals surface area contributed by atoms with Gasteiger partial charge in [0.2, 0.25) is 0 Å². The molecule has 8 heteroatoms. The molecule has 2 aromatic rings. The van der Waals surface area contributed by atoms with Gasteiger partial charge in [0.25, 0.3) is 5.89 Å². The topological polar surface area (TPSA) is 100.0 Å². The molecule has 2 N–H and O–H groups in total. The molecule has 0 aliphatic heterocycles. The van der Waals surface area contributed by atoms with Crippen LogP contribution in [-0.2, 0) is 10.3 Å². The Balaban J connectivity index is 2.14. The first-order valence-electron chi connectivity index (χ1n) is 6.04. The van der Waals surface area contributed by atoms with E-state index in [1.165, 1.54) is 11.5 Å². The van der Waals surface area contributed by atoms with E-state index in [2.05, 4.69) is 19.7 Å². The molecule has 0 aliphatic carbocycles. The van der Waals surface area contributed by atoms with E-state index in [1.54, 1.807) is 0 Å². The van der Waals surface area contributed by atoms with Gasteiger partial charge in [-0.1, -0.05) is 16.6 Å². The summed E-state index contributed by atoms with van der Waals surface area (Å²) in [5.74, 6) is 0.820.